The van der Waals surface area contributed by atoms with Gasteiger partial charge in [0.1, 0.15) is 0 Å². The van der Waals surface area contributed by atoms with Gasteiger partial charge in [-0.25, -0.2) is 5.43 Å². The largest absolute Gasteiger partial charge is 0.376 e. The lowest BCUT2D eigenvalue weighted by molar-refractivity contribution is -0.119. The second kappa shape index (κ2) is 9.93. The molecule has 142 valence electrons. The molecule has 2 N–H and O–H groups in total. The molecule has 0 saturated carbocycles. The van der Waals surface area contributed by atoms with Crippen molar-refractivity contribution in [1.82, 2.24) is 5.43 Å². The molecule has 4 nitrogen and oxygen atoms in total. The molecule has 0 saturated heterocycles. The summed E-state index contributed by atoms with van der Waals surface area (Å²) in [4.78, 5) is 11.9. The maximum Gasteiger partial charge on any atom is 0.259 e. The van der Waals surface area contributed by atoms with Gasteiger partial charge in [-0.1, -0.05) is 55.8 Å². The monoisotopic (exact) mass is 383 g/mol. The third-order valence-corrected chi connectivity index (χ3v) is 4.32. The van der Waals surface area contributed by atoms with Crippen LogP contribution < -0.4 is 10.7 Å². The number of allylic oxidation sites excluding steroid dienone is 1. The molecule has 0 aliphatic carbocycles. The minimum atomic E-state index is -0.213. The van der Waals surface area contributed by atoms with Gasteiger partial charge in [-0.3, -0.25) is 4.79 Å². The number of hydrazone groups is 1. The van der Waals surface area contributed by atoms with Crippen LogP contribution in [-0.4, -0.2) is 18.7 Å². The van der Waals surface area contributed by atoms with Crippen molar-refractivity contribution >= 4 is 35.5 Å². The molecule has 2 aromatic rings. The Morgan fingerprint density at radius 2 is 1.89 bits per heavy atom. The summed E-state index contributed by atoms with van der Waals surface area (Å²) in [6, 6.07) is 13.9. The van der Waals surface area contributed by atoms with Gasteiger partial charge in [-0.15, -0.1) is 0 Å². The molecule has 0 aliphatic rings. The summed E-state index contributed by atoms with van der Waals surface area (Å²) in [7, 11) is 0. The number of nitrogens with one attached hydrogen (secondary N) is 2. The van der Waals surface area contributed by atoms with E-state index in [1.54, 1.807) is 12.3 Å². The second-order valence-corrected chi connectivity index (χ2v) is 7.25. The number of carbonyl (C=O) groups excluding carboxylic acids is 1. The summed E-state index contributed by atoms with van der Waals surface area (Å²) in [5.74, 6) is 0.306. The molecule has 0 atom stereocenters. The molecule has 1 amide bonds. The number of hydrogen-bond acceptors (Lipinski definition) is 3. The molecule has 5 heteroatoms. The van der Waals surface area contributed by atoms with E-state index in [1.165, 1.54) is 5.56 Å². The van der Waals surface area contributed by atoms with Gasteiger partial charge in [0.25, 0.3) is 5.91 Å². The van der Waals surface area contributed by atoms with E-state index in [4.69, 9.17) is 11.6 Å². The lowest BCUT2D eigenvalue weighted by Gasteiger charge is -2.08. The highest BCUT2D eigenvalue weighted by Gasteiger charge is 2.02. The van der Waals surface area contributed by atoms with Gasteiger partial charge < -0.3 is 5.32 Å². The summed E-state index contributed by atoms with van der Waals surface area (Å²) in [5.41, 5.74) is 7.76. The van der Waals surface area contributed by atoms with Gasteiger partial charge in [0.2, 0.25) is 0 Å². The van der Waals surface area contributed by atoms with Crippen LogP contribution in [-0.2, 0) is 4.79 Å². The van der Waals surface area contributed by atoms with Gasteiger partial charge in [0.15, 0.2) is 0 Å². The maximum absolute atomic E-state index is 11.9. The summed E-state index contributed by atoms with van der Waals surface area (Å²) in [6.07, 6.45) is 3.66. The highest BCUT2D eigenvalue weighted by molar-refractivity contribution is 6.30. The Bertz CT molecular complexity index is 839. The van der Waals surface area contributed by atoms with Gasteiger partial charge in [-0.05, 0) is 60.2 Å². The van der Waals surface area contributed by atoms with Crippen LogP contribution in [0.5, 0.6) is 0 Å². The van der Waals surface area contributed by atoms with Gasteiger partial charge in [-0.2, -0.15) is 5.10 Å². The molecule has 0 fully saturated rings. The fraction of sp³-hybridized carbons (Fsp3) is 0.273. The Balaban J connectivity index is 1.83. The van der Waals surface area contributed by atoms with Crippen molar-refractivity contribution < 1.29 is 4.79 Å². The first kappa shape index (κ1) is 20.7. The molecule has 0 spiro atoms. The van der Waals surface area contributed by atoms with Crippen molar-refractivity contribution in [1.29, 1.82) is 0 Å². The van der Waals surface area contributed by atoms with Crippen molar-refractivity contribution in [2.75, 3.05) is 11.9 Å². The quantitative estimate of drug-likeness (QED) is 0.497. The van der Waals surface area contributed by atoms with Crippen molar-refractivity contribution in [3.05, 3.63) is 69.8 Å². The van der Waals surface area contributed by atoms with E-state index in [1.807, 2.05) is 32.1 Å². The van der Waals surface area contributed by atoms with Crippen LogP contribution in [0.3, 0.4) is 0 Å². The number of benzene rings is 2. The fourth-order valence-corrected chi connectivity index (χ4v) is 2.75. The topological polar surface area (TPSA) is 53.5 Å². The smallest absolute Gasteiger partial charge is 0.259 e. The van der Waals surface area contributed by atoms with Crippen molar-refractivity contribution in [2.45, 2.75) is 33.6 Å². The van der Waals surface area contributed by atoms with Gasteiger partial charge in [0.05, 0.1) is 12.8 Å². The summed E-state index contributed by atoms with van der Waals surface area (Å²) in [5, 5.41) is 7.76. The van der Waals surface area contributed by atoms with Crippen LogP contribution >= 0.6 is 11.6 Å². The van der Waals surface area contributed by atoms with Crippen LogP contribution in [0.2, 0.25) is 5.02 Å². The van der Waals surface area contributed by atoms with E-state index >= 15 is 0 Å². The zero-order chi connectivity index (χ0) is 19.8. The molecule has 2 rings (SSSR count). The molecular formula is C22H26ClN3O. The standard InChI is InChI=1S/C22H26ClN3O/c1-15(2)19-7-5-18(6-8-19)11-16(3)13-25-26-22(27)14-24-21-10-9-20(23)12-17(21)4/h5-13,15,24H,14H2,1-4H3,(H,26,27)/b16-11+,25-13+. The lowest BCUT2D eigenvalue weighted by atomic mass is 10.0. The van der Waals surface area contributed by atoms with E-state index in [-0.39, 0.29) is 12.5 Å². The Kier molecular flexibility index (Phi) is 7.62. The number of anilines is 1. The first-order valence-corrected chi connectivity index (χ1v) is 9.33. The van der Waals surface area contributed by atoms with E-state index in [0.29, 0.717) is 10.9 Å². The molecular weight excluding hydrogens is 358 g/mol. The van der Waals surface area contributed by atoms with E-state index in [2.05, 4.69) is 54.0 Å². The van der Waals surface area contributed by atoms with Gasteiger partial charge >= 0.3 is 0 Å². The molecule has 0 unspecified atom stereocenters. The fourth-order valence-electron chi connectivity index (χ4n) is 2.52. The number of nitrogens with zero attached hydrogens (tertiary/aromatic N) is 1. The highest BCUT2D eigenvalue weighted by Crippen LogP contribution is 2.19. The predicted molar refractivity (Wildman–Crippen MR) is 115 cm³/mol. The zero-order valence-corrected chi connectivity index (χ0v) is 17.0. The van der Waals surface area contributed by atoms with Crippen molar-refractivity contribution in [3.63, 3.8) is 0 Å². The number of aryl methyl sites for hydroxylation is 1. The van der Waals surface area contributed by atoms with Crippen LogP contribution in [0, 0.1) is 6.92 Å². The highest BCUT2D eigenvalue weighted by atomic mass is 35.5. The van der Waals surface area contributed by atoms with Crippen molar-refractivity contribution in [3.8, 4) is 0 Å². The molecule has 0 aliphatic heterocycles. The Morgan fingerprint density at radius 3 is 2.52 bits per heavy atom. The number of hydrogen-bond donors (Lipinski definition) is 2. The van der Waals surface area contributed by atoms with Crippen LogP contribution in [0.15, 0.2) is 53.1 Å². The van der Waals surface area contributed by atoms with E-state index < -0.39 is 0 Å². The number of halogens is 1. The first-order valence-electron chi connectivity index (χ1n) is 8.95. The number of amides is 1. The number of carbonyl (C=O) groups is 1. The Labute approximate surface area is 166 Å². The zero-order valence-electron chi connectivity index (χ0n) is 16.2. The summed E-state index contributed by atoms with van der Waals surface area (Å²) < 4.78 is 0. The predicted octanol–water partition coefficient (Wildman–Crippen LogP) is 5.39. The third kappa shape index (κ3) is 6.91. The summed E-state index contributed by atoms with van der Waals surface area (Å²) in [6.45, 7) is 8.37. The molecule has 0 radical (unpaired) electrons. The van der Waals surface area contributed by atoms with E-state index in [9.17, 15) is 4.79 Å². The van der Waals surface area contributed by atoms with E-state index in [0.717, 1.165) is 22.4 Å². The minimum Gasteiger partial charge on any atom is -0.376 e. The molecule has 0 bridgehead atoms. The van der Waals surface area contributed by atoms with Crippen LogP contribution in [0.25, 0.3) is 6.08 Å². The first-order chi connectivity index (χ1) is 12.8. The maximum atomic E-state index is 11.9. The summed E-state index contributed by atoms with van der Waals surface area (Å²) >= 11 is 5.93. The van der Waals surface area contributed by atoms with Crippen LogP contribution in [0.1, 0.15) is 43.4 Å². The normalized spacial score (nSPS) is 11.9. The third-order valence-electron chi connectivity index (χ3n) is 4.08. The molecule has 27 heavy (non-hydrogen) atoms. The lowest BCUT2D eigenvalue weighted by Crippen LogP contribution is -2.26. The van der Waals surface area contributed by atoms with Crippen LogP contribution in [0.4, 0.5) is 5.69 Å². The second-order valence-electron chi connectivity index (χ2n) is 6.82. The Morgan fingerprint density at radius 1 is 1.19 bits per heavy atom. The average molecular weight is 384 g/mol. The molecule has 0 heterocycles. The molecule has 0 aromatic heterocycles. The average Bonchev–Trinajstić information content (AvgIpc) is 2.61. The van der Waals surface area contributed by atoms with Crippen molar-refractivity contribution in [2.24, 2.45) is 5.10 Å². The SMILES string of the molecule is CC(/C=N/NC(=O)CNc1ccc(Cl)cc1C)=C\c1ccc(C(C)C)cc1. The molecule has 2 aromatic carbocycles. The number of rotatable bonds is 7. The Hall–Kier alpha value is -2.59. The minimum absolute atomic E-state index is 0.138. The van der Waals surface area contributed by atoms with Gasteiger partial charge in [0, 0.05) is 10.7 Å².